The molecule has 1 saturated heterocycles. The predicted octanol–water partition coefficient (Wildman–Crippen LogP) is 2.63. The molecule has 0 radical (unpaired) electrons. The van der Waals surface area contributed by atoms with E-state index in [-0.39, 0.29) is 18.7 Å². The first-order valence-electron chi connectivity index (χ1n) is 7.78. The molecule has 0 aromatic heterocycles. The number of benzene rings is 2. The average molecular weight is 362 g/mol. The molecule has 0 bridgehead atoms. The van der Waals surface area contributed by atoms with E-state index in [0.717, 1.165) is 9.79 Å². The third-order valence-electron chi connectivity index (χ3n) is 3.78. The van der Waals surface area contributed by atoms with Crippen LogP contribution in [0.4, 0.5) is 11.4 Å². The Hall–Kier alpha value is -2.13. The smallest absolute Gasteiger partial charge is 0.272 e. The highest BCUT2D eigenvalue weighted by atomic mass is 32.2. The molecule has 2 aromatic carbocycles. The quantitative estimate of drug-likeness (QED) is 0.555. The lowest BCUT2D eigenvalue weighted by Gasteiger charge is -2.31. The highest BCUT2D eigenvalue weighted by Crippen LogP contribution is 2.33. The minimum Gasteiger partial charge on any atom is -0.390 e. The predicted molar refractivity (Wildman–Crippen MR) is 93.7 cm³/mol. The van der Waals surface area contributed by atoms with Crippen molar-refractivity contribution in [1.29, 1.82) is 0 Å². The van der Waals surface area contributed by atoms with Gasteiger partial charge in [0.1, 0.15) is 12.3 Å². The Labute approximate surface area is 148 Å². The SMILES string of the molecule is O=[N+]([O-])c1cc(N[C@H]2C[C@H](O)[C@@H](O)CO2)cc(Sc2ccccc2)c1. The van der Waals surface area contributed by atoms with Crippen LogP contribution < -0.4 is 5.32 Å². The second-order valence-electron chi connectivity index (χ2n) is 5.72. The molecule has 3 N–H and O–H groups in total. The van der Waals surface area contributed by atoms with Gasteiger partial charge in [0.15, 0.2) is 0 Å². The molecule has 0 spiro atoms. The molecular weight excluding hydrogens is 344 g/mol. The van der Waals surface area contributed by atoms with E-state index in [1.165, 1.54) is 23.9 Å². The highest BCUT2D eigenvalue weighted by Gasteiger charge is 2.28. The Kier molecular flexibility index (Phi) is 5.54. The zero-order chi connectivity index (χ0) is 17.8. The number of anilines is 1. The second-order valence-corrected chi connectivity index (χ2v) is 6.87. The third-order valence-corrected chi connectivity index (χ3v) is 4.76. The molecule has 0 amide bonds. The van der Waals surface area contributed by atoms with E-state index < -0.39 is 23.4 Å². The molecule has 1 fully saturated rings. The molecule has 25 heavy (non-hydrogen) atoms. The molecule has 0 saturated carbocycles. The van der Waals surface area contributed by atoms with Crippen LogP contribution in [0.5, 0.6) is 0 Å². The molecule has 1 aliphatic rings. The summed E-state index contributed by atoms with van der Waals surface area (Å²) in [4.78, 5) is 12.5. The van der Waals surface area contributed by atoms with Crippen LogP contribution in [0.15, 0.2) is 58.3 Å². The fourth-order valence-electron chi connectivity index (χ4n) is 2.51. The first kappa shape index (κ1) is 17.7. The topological polar surface area (TPSA) is 105 Å². The largest absolute Gasteiger partial charge is 0.390 e. The van der Waals surface area contributed by atoms with Crippen LogP contribution in [-0.2, 0) is 4.74 Å². The maximum atomic E-state index is 11.2. The Morgan fingerprint density at radius 2 is 1.88 bits per heavy atom. The van der Waals surface area contributed by atoms with Gasteiger partial charge in [0.25, 0.3) is 5.69 Å². The summed E-state index contributed by atoms with van der Waals surface area (Å²) in [5.74, 6) is 0. The first-order valence-corrected chi connectivity index (χ1v) is 8.59. The van der Waals surface area contributed by atoms with Gasteiger partial charge in [-0.05, 0) is 18.2 Å². The van der Waals surface area contributed by atoms with Gasteiger partial charge in [-0.1, -0.05) is 30.0 Å². The van der Waals surface area contributed by atoms with Crippen LogP contribution in [0, 0.1) is 10.1 Å². The van der Waals surface area contributed by atoms with Crippen molar-refractivity contribution in [3.8, 4) is 0 Å². The molecule has 1 heterocycles. The van der Waals surface area contributed by atoms with E-state index in [1.807, 2.05) is 30.3 Å². The summed E-state index contributed by atoms with van der Waals surface area (Å²) < 4.78 is 5.43. The van der Waals surface area contributed by atoms with Crippen LogP contribution in [0.2, 0.25) is 0 Å². The van der Waals surface area contributed by atoms with E-state index in [0.29, 0.717) is 5.69 Å². The van der Waals surface area contributed by atoms with Gasteiger partial charge < -0.3 is 20.3 Å². The van der Waals surface area contributed by atoms with Gasteiger partial charge in [0.05, 0.1) is 17.6 Å². The van der Waals surface area contributed by atoms with Crippen molar-refractivity contribution < 1.29 is 19.9 Å². The van der Waals surface area contributed by atoms with Gasteiger partial charge in [-0.2, -0.15) is 0 Å². The van der Waals surface area contributed by atoms with Gasteiger partial charge in [-0.15, -0.1) is 0 Å². The number of hydrogen-bond donors (Lipinski definition) is 3. The summed E-state index contributed by atoms with van der Waals surface area (Å²) in [5.41, 5.74) is 0.501. The van der Waals surface area contributed by atoms with Crippen LogP contribution in [-0.4, -0.2) is 40.2 Å². The van der Waals surface area contributed by atoms with E-state index >= 15 is 0 Å². The van der Waals surface area contributed by atoms with Crippen molar-refractivity contribution >= 4 is 23.1 Å². The summed E-state index contributed by atoms with van der Waals surface area (Å²) in [6.45, 7) is 0.0133. The summed E-state index contributed by atoms with van der Waals surface area (Å²) in [6, 6.07) is 14.3. The minimum atomic E-state index is -0.910. The van der Waals surface area contributed by atoms with E-state index in [2.05, 4.69) is 5.32 Å². The maximum absolute atomic E-state index is 11.2. The number of aliphatic hydroxyl groups is 2. The zero-order valence-corrected chi connectivity index (χ0v) is 14.1. The molecule has 2 aromatic rings. The van der Waals surface area contributed by atoms with Crippen molar-refractivity contribution in [2.24, 2.45) is 0 Å². The van der Waals surface area contributed by atoms with Crippen LogP contribution in [0.3, 0.4) is 0 Å². The number of aliphatic hydroxyl groups excluding tert-OH is 2. The van der Waals surface area contributed by atoms with E-state index in [1.54, 1.807) is 6.07 Å². The molecule has 3 atom stereocenters. The van der Waals surface area contributed by atoms with E-state index in [9.17, 15) is 20.3 Å². The molecule has 132 valence electrons. The van der Waals surface area contributed by atoms with Gasteiger partial charge in [0.2, 0.25) is 0 Å². The van der Waals surface area contributed by atoms with Crippen LogP contribution >= 0.6 is 11.8 Å². The number of nitrogens with one attached hydrogen (secondary N) is 1. The number of rotatable bonds is 5. The van der Waals surface area contributed by atoms with Crippen LogP contribution in [0.25, 0.3) is 0 Å². The Bertz CT molecular complexity index is 743. The third kappa shape index (κ3) is 4.70. The summed E-state index contributed by atoms with van der Waals surface area (Å²) >= 11 is 1.42. The van der Waals surface area contributed by atoms with Gasteiger partial charge >= 0.3 is 0 Å². The summed E-state index contributed by atoms with van der Waals surface area (Å²) in [7, 11) is 0. The number of nitro groups is 1. The zero-order valence-electron chi connectivity index (χ0n) is 13.2. The normalized spacial score (nSPS) is 23.2. The van der Waals surface area contributed by atoms with Crippen molar-refractivity contribution in [3.63, 3.8) is 0 Å². The number of nitro benzene ring substituents is 1. The molecule has 0 aliphatic carbocycles. The standard InChI is InChI=1S/C17H18N2O5S/c20-15-9-17(24-10-16(15)21)18-11-6-12(19(22)23)8-14(7-11)25-13-4-2-1-3-5-13/h1-8,15-18,20-21H,9-10H2/t15-,16-,17+/m0/s1. The fraction of sp³-hybridized carbons (Fsp3) is 0.294. The number of ether oxygens (including phenoxy) is 1. The summed E-state index contributed by atoms with van der Waals surface area (Å²) in [5, 5.41) is 33.5. The maximum Gasteiger partial charge on any atom is 0.272 e. The summed E-state index contributed by atoms with van der Waals surface area (Å²) in [6.07, 6.45) is -2.11. The number of hydrogen-bond acceptors (Lipinski definition) is 7. The van der Waals surface area contributed by atoms with Crippen molar-refractivity contribution in [2.75, 3.05) is 11.9 Å². The van der Waals surface area contributed by atoms with E-state index in [4.69, 9.17) is 4.74 Å². The van der Waals surface area contributed by atoms with Crippen molar-refractivity contribution in [3.05, 3.63) is 58.6 Å². The Morgan fingerprint density at radius 1 is 1.12 bits per heavy atom. The van der Waals surface area contributed by atoms with Gasteiger partial charge in [-0.25, -0.2) is 0 Å². The Balaban J connectivity index is 1.79. The van der Waals surface area contributed by atoms with Gasteiger partial charge in [0, 0.05) is 34.0 Å². The van der Waals surface area contributed by atoms with Gasteiger partial charge in [-0.3, -0.25) is 10.1 Å². The van der Waals surface area contributed by atoms with Crippen molar-refractivity contribution in [2.45, 2.75) is 34.6 Å². The first-order chi connectivity index (χ1) is 12.0. The number of nitrogens with zero attached hydrogens (tertiary/aromatic N) is 1. The lowest BCUT2D eigenvalue weighted by atomic mass is 10.1. The molecule has 3 rings (SSSR count). The number of non-ortho nitro benzene ring substituents is 1. The van der Waals surface area contributed by atoms with Crippen molar-refractivity contribution in [1.82, 2.24) is 0 Å². The molecule has 1 aliphatic heterocycles. The molecule has 8 heteroatoms. The highest BCUT2D eigenvalue weighted by molar-refractivity contribution is 7.99. The lowest BCUT2D eigenvalue weighted by molar-refractivity contribution is -0.385. The fourth-order valence-corrected chi connectivity index (χ4v) is 3.44. The molecular formula is C17H18N2O5S. The Morgan fingerprint density at radius 3 is 2.56 bits per heavy atom. The minimum absolute atomic E-state index is 0.0133. The monoisotopic (exact) mass is 362 g/mol. The lowest BCUT2D eigenvalue weighted by Crippen LogP contribution is -2.44. The molecule has 0 unspecified atom stereocenters. The van der Waals surface area contributed by atoms with Crippen LogP contribution in [0.1, 0.15) is 6.42 Å². The second kappa shape index (κ2) is 7.83. The molecule has 7 nitrogen and oxygen atoms in total. The average Bonchev–Trinajstić information content (AvgIpc) is 2.59.